The molecule has 0 fully saturated rings. The van der Waals surface area contributed by atoms with E-state index in [9.17, 15) is 4.79 Å². The minimum Gasteiger partial charge on any atom is -0.416 e. The Hall–Kier alpha value is -2.97. The number of nitrogens with one attached hydrogen (secondary N) is 1. The predicted molar refractivity (Wildman–Crippen MR) is 129 cm³/mol. The maximum Gasteiger partial charge on any atom is 0.277 e. The van der Waals surface area contributed by atoms with Crippen LogP contribution in [0.15, 0.2) is 63.6 Å². The molecule has 0 spiro atoms. The fourth-order valence-corrected chi connectivity index (χ4v) is 4.50. The Labute approximate surface area is 195 Å². The molecule has 0 aliphatic rings. The number of benzene rings is 2. The van der Waals surface area contributed by atoms with Gasteiger partial charge < -0.3 is 9.73 Å². The van der Waals surface area contributed by atoms with Crippen LogP contribution in [0.4, 0.5) is 5.13 Å². The lowest BCUT2D eigenvalue weighted by Crippen LogP contribution is -2.13. The molecule has 0 saturated heterocycles. The number of thioether (sulfide) groups is 1. The first-order valence-corrected chi connectivity index (χ1v) is 12.2. The van der Waals surface area contributed by atoms with Gasteiger partial charge in [-0.3, -0.25) is 4.79 Å². The smallest absolute Gasteiger partial charge is 0.277 e. The van der Waals surface area contributed by atoms with Crippen LogP contribution in [-0.4, -0.2) is 26.8 Å². The summed E-state index contributed by atoms with van der Waals surface area (Å²) >= 11 is 2.63. The molecular weight excluding hydrogens is 440 g/mol. The van der Waals surface area contributed by atoms with Crippen molar-refractivity contribution in [3.63, 3.8) is 0 Å². The summed E-state index contributed by atoms with van der Waals surface area (Å²) < 4.78 is 5.71. The van der Waals surface area contributed by atoms with E-state index in [1.165, 1.54) is 39.8 Å². The van der Waals surface area contributed by atoms with Crippen molar-refractivity contribution in [3.8, 4) is 11.3 Å². The van der Waals surface area contributed by atoms with E-state index in [1.807, 2.05) is 29.6 Å². The van der Waals surface area contributed by atoms with Crippen molar-refractivity contribution >= 4 is 34.1 Å². The zero-order valence-corrected chi connectivity index (χ0v) is 19.8. The first-order chi connectivity index (χ1) is 15.5. The van der Waals surface area contributed by atoms with Crippen LogP contribution in [0.5, 0.6) is 0 Å². The van der Waals surface area contributed by atoms with Crippen molar-refractivity contribution in [2.75, 3.05) is 11.1 Å². The Balaban J connectivity index is 1.28. The molecule has 0 radical (unpaired) electrons. The molecule has 1 N–H and O–H groups in total. The quantitative estimate of drug-likeness (QED) is 0.328. The van der Waals surface area contributed by atoms with Crippen molar-refractivity contribution in [1.29, 1.82) is 0 Å². The predicted octanol–water partition coefficient (Wildman–Crippen LogP) is 5.89. The van der Waals surface area contributed by atoms with Crippen molar-refractivity contribution in [3.05, 3.63) is 76.5 Å². The first-order valence-electron chi connectivity index (χ1n) is 10.3. The third-order valence-corrected chi connectivity index (χ3v) is 6.75. The van der Waals surface area contributed by atoms with Gasteiger partial charge in [-0.05, 0) is 42.5 Å². The van der Waals surface area contributed by atoms with E-state index in [4.69, 9.17) is 4.42 Å². The Morgan fingerprint density at radius 2 is 1.94 bits per heavy atom. The van der Waals surface area contributed by atoms with Gasteiger partial charge in [-0.25, -0.2) is 4.98 Å². The second kappa shape index (κ2) is 10.1. The number of carbonyl (C=O) groups excluding carboxylic acids is 1. The zero-order valence-electron chi connectivity index (χ0n) is 18.2. The Kier molecular flexibility index (Phi) is 7.02. The molecule has 4 aromatic rings. The van der Waals surface area contributed by atoms with Crippen LogP contribution >= 0.6 is 23.1 Å². The molecule has 2 aromatic heterocycles. The topological polar surface area (TPSA) is 80.9 Å². The molecule has 8 heteroatoms. The lowest BCUT2D eigenvalue weighted by molar-refractivity contribution is -0.113. The first kappa shape index (κ1) is 22.2. The number of thiazole rings is 1. The summed E-state index contributed by atoms with van der Waals surface area (Å²) in [5.41, 5.74) is 5.59. The number of hydrogen-bond acceptors (Lipinski definition) is 7. The maximum absolute atomic E-state index is 12.3. The van der Waals surface area contributed by atoms with Gasteiger partial charge in [-0.15, -0.1) is 21.5 Å². The third kappa shape index (κ3) is 5.63. The summed E-state index contributed by atoms with van der Waals surface area (Å²) in [5.74, 6) is 0.860. The molecule has 0 bridgehead atoms. The van der Waals surface area contributed by atoms with E-state index in [0.717, 1.165) is 11.3 Å². The monoisotopic (exact) mass is 464 g/mol. The highest BCUT2D eigenvalue weighted by Crippen LogP contribution is 2.27. The highest BCUT2D eigenvalue weighted by Gasteiger charge is 2.15. The van der Waals surface area contributed by atoms with Gasteiger partial charge in [0.2, 0.25) is 11.8 Å². The number of anilines is 1. The van der Waals surface area contributed by atoms with Gasteiger partial charge >= 0.3 is 0 Å². The lowest BCUT2D eigenvalue weighted by Gasteiger charge is -2.08. The molecule has 164 valence electrons. The van der Waals surface area contributed by atoms with Gasteiger partial charge in [-0.1, -0.05) is 61.2 Å². The van der Waals surface area contributed by atoms with Crippen LogP contribution in [0.1, 0.15) is 35.4 Å². The summed E-state index contributed by atoms with van der Waals surface area (Å²) in [6.07, 6.45) is 0.657. The summed E-state index contributed by atoms with van der Waals surface area (Å²) in [5, 5.41) is 13.9. The van der Waals surface area contributed by atoms with Crippen molar-refractivity contribution in [1.82, 2.24) is 15.2 Å². The Morgan fingerprint density at radius 3 is 2.72 bits per heavy atom. The number of nitrogens with zero attached hydrogens (tertiary/aromatic N) is 3. The Morgan fingerprint density at radius 1 is 1.12 bits per heavy atom. The van der Waals surface area contributed by atoms with Crippen LogP contribution in [0.3, 0.4) is 0 Å². The maximum atomic E-state index is 12.3. The van der Waals surface area contributed by atoms with E-state index in [0.29, 0.717) is 22.7 Å². The molecule has 2 heterocycles. The van der Waals surface area contributed by atoms with Crippen LogP contribution in [0.25, 0.3) is 11.3 Å². The van der Waals surface area contributed by atoms with E-state index in [-0.39, 0.29) is 17.6 Å². The van der Waals surface area contributed by atoms with E-state index in [1.54, 1.807) is 0 Å². The number of amides is 1. The molecule has 2 aromatic carbocycles. The number of hydrogen-bond donors (Lipinski definition) is 1. The van der Waals surface area contributed by atoms with Crippen molar-refractivity contribution < 1.29 is 9.21 Å². The molecule has 32 heavy (non-hydrogen) atoms. The molecule has 6 nitrogen and oxygen atoms in total. The molecule has 0 aliphatic carbocycles. The van der Waals surface area contributed by atoms with Gasteiger partial charge in [0.05, 0.1) is 11.4 Å². The minimum absolute atomic E-state index is 0.159. The molecule has 0 saturated carbocycles. The van der Waals surface area contributed by atoms with Crippen LogP contribution in [0.2, 0.25) is 0 Å². The highest BCUT2D eigenvalue weighted by atomic mass is 32.2. The van der Waals surface area contributed by atoms with Crippen molar-refractivity contribution in [2.24, 2.45) is 0 Å². The molecule has 1 amide bonds. The molecule has 1 unspecified atom stereocenters. The SMILES string of the molecule is Cc1ccc(-c2csc(NC(=O)CSc3nnc(CC(C)c4ccccc4)o3)n2)cc1C. The zero-order chi connectivity index (χ0) is 22.5. The van der Waals surface area contributed by atoms with Gasteiger partial charge in [-0.2, -0.15) is 0 Å². The third-order valence-electron chi connectivity index (χ3n) is 5.18. The average molecular weight is 465 g/mol. The number of aryl methyl sites for hydroxylation is 2. The fraction of sp³-hybridized carbons (Fsp3) is 0.250. The van der Waals surface area contributed by atoms with Crippen LogP contribution in [-0.2, 0) is 11.2 Å². The lowest BCUT2D eigenvalue weighted by atomic mass is 9.98. The fourth-order valence-electron chi connectivity index (χ4n) is 3.19. The number of rotatable bonds is 8. The number of carbonyl (C=O) groups is 1. The Bertz CT molecular complexity index is 1200. The second-order valence-corrected chi connectivity index (χ2v) is 9.44. The van der Waals surface area contributed by atoms with Crippen molar-refractivity contribution in [2.45, 2.75) is 38.3 Å². The summed E-state index contributed by atoms with van der Waals surface area (Å²) in [7, 11) is 0. The highest BCUT2D eigenvalue weighted by molar-refractivity contribution is 7.99. The number of aromatic nitrogens is 3. The van der Waals surface area contributed by atoms with E-state index < -0.39 is 0 Å². The standard InChI is InChI=1S/C24H24N4O2S2/c1-15-9-10-19(11-16(15)2)20-13-31-23(25-20)26-21(29)14-32-24-28-27-22(30-24)12-17(3)18-7-5-4-6-8-18/h4-11,13,17H,12,14H2,1-3H3,(H,25,26,29). The van der Waals surface area contributed by atoms with Gasteiger partial charge in [0, 0.05) is 17.4 Å². The largest absolute Gasteiger partial charge is 0.416 e. The van der Waals surface area contributed by atoms with Crippen LogP contribution < -0.4 is 5.32 Å². The van der Waals surface area contributed by atoms with Gasteiger partial charge in [0.25, 0.3) is 5.22 Å². The molecule has 1 atom stereocenters. The van der Waals surface area contributed by atoms with Gasteiger partial charge in [0.1, 0.15) is 0 Å². The molecule has 4 rings (SSSR count). The summed E-state index contributed by atoms with van der Waals surface area (Å²) in [6.45, 7) is 6.29. The molecule has 0 aliphatic heterocycles. The average Bonchev–Trinajstić information content (AvgIpc) is 3.44. The minimum atomic E-state index is -0.159. The van der Waals surface area contributed by atoms with Gasteiger partial charge in [0.15, 0.2) is 5.13 Å². The van der Waals surface area contributed by atoms with E-state index >= 15 is 0 Å². The molecular formula is C24H24N4O2S2. The van der Waals surface area contributed by atoms with Crippen LogP contribution in [0, 0.1) is 13.8 Å². The second-order valence-electron chi connectivity index (χ2n) is 7.65. The normalized spacial score (nSPS) is 12.0. The summed E-state index contributed by atoms with van der Waals surface area (Å²) in [6, 6.07) is 16.5. The summed E-state index contributed by atoms with van der Waals surface area (Å²) in [4.78, 5) is 16.9. The van der Waals surface area contributed by atoms with E-state index in [2.05, 4.69) is 65.5 Å².